The van der Waals surface area contributed by atoms with Gasteiger partial charge in [0, 0.05) is 4.47 Å². The molecular weight excluding hydrogens is 386 g/mol. The molecule has 0 aliphatic heterocycles. The van der Waals surface area contributed by atoms with Gasteiger partial charge >= 0.3 is 0 Å². The Morgan fingerprint density at radius 2 is 1.56 bits per heavy atom. The van der Waals surface area contributed by atoms with E-state index in [9.17, 15) is 4.79 Å². The Morgan fingerprint density at radius 1 is 1.00 bits per heavy atom. The summed E-state index contributed by atoms with van der Waals surface area (Å²) in [4.78, 5) is 12.2. The van der Waals surface area contributed by atoms with Crippen LogP contribution >= 0.6 is 15.9 Å². The van der Waals surface area contributed by atoms with E-state index in [1.165, 1.54) is 0 Å². The van der Waals surface area contributed by atoms with E-state index < -0.39 is 6.10 Å². The van der Waals surface area contributed by atoms with Crippen LogP contribution < -0.4 is 19.5 Å². The van der Waals surface area contributed by atoms with Crippen LogP contribution in [0.25, 0.3) is 0 Å². The zero-order chi connectivity index (χ0) is 18.2. The lowest BCUT2D eigenvalue weighted by Crippen LogP contribution is -2.43. The number of amides is 1. The van der Waals surface area contributed by atoms with E-state index in [-0.39, 0.29) is 11.9 Å². The van der Waals surface area contributed by atoms with Gasteiger partial charge in [-0.3, -0.25) is 4.79 Å². The summed E-state index contributed by atoms with van der Waals surface area (Å²) >= 11 is 3.36. The Labute approximate surface area is 156 Å². The van der Waals surface area contributed by atoms with Gasteiger partial charge in [-0.2, -0.15) is 0 Å². The molecule has 0 fully saturated rings. The third kappa shape index (κ3) is 6.31. The largest absolute Gasteiger partial charge is 0.497 e. The fraction of sp³-hybridized carbons (Fsp3) is 0.316. The Morgan fingerprint density at radius 3 is 2.16 bits per heavy atom. The van der Waals surface area contributed by atoms with Gasteiger partial charge in [-0.05, 0) is 62.4 Å². The summed E-state index contributed by atoms with van der Waals surface area (Å²) in [5.74, 6) is 1.95. The fourth-order valence-electron chi connectivity index (χ4n) is 2.07. The van der Waals surface area contributed by atoms with Gasteiger partial charge in [0.25, 0.3) is 5.91 Å². The van der Waals surface area contributed by atoms with E-state index >= 15 is 0 Å². The maximum atomic E-state index is 12.2. The van der Waals surface area contributed by atoms with Crippen LogP contribution in [0.1, 0.15) is 13.8 Å². The van der Waals surface area contributed by atoms with E-state index in [0.717, 1.165) is 16.0 Å². The third-order valence-corrected chi connectivity index (χ3v) is 3.97. The van der Waals surface area contributed by atoms with Crippen molar-refractivity contribution in [3.63, 3.8) is 0 Å². The lowest BCUT2D eigenvalue weighted by Gasteiger charge is -2.19. The molecule has 0 aliphatic rings. The van der Waals surface area contributed by atoms with E-state index in [1.54, 1.807) is 14.0 Å². The van der Waals surface area contributed by atoms with Crippen molar-refractivity contribution in [3.8, 4) is 17.2 Å². The van der Waals surface area contributed by atoms with E-state index in [2.05, 4.69) is 21.2 Å². The molecule has 0 spiro atoms. The first kappa shape index (κ1) is 19.1. The Bertz CT molecular complexity index is 673. The smallest absolute Gasteiger partial charge is 0.261 e. The van der Waals surface area contributed by atoms with Gasteiger partial charge in [0.15, 0.2) is 6.10 Å². The topological polar surface area (TPSA) is 56.8 Å². The lowest BCUT2D eigenvalue weighted by atomic mass is 10.3. The van der Waals surface area contributed by atoms with Crippen molar-refractivity contribution in [2.75, 3.05) is 13.7 Å². The van der Waals surface area contributed by atoms with Gasteiger partial charge < -0.3 is 19.5 Å². The zero-order valence-electron chi connectivity index (χ0n) is 14.5. The summed E-state index contributed by atoms with van der Waals surface area (Å²) < 4.78 is 17.4. The molecule has 0 aliphatic carbocycles. The van der Waals surface area contributed by atoms with Gasteiger partial charge in [0.1, 0.15) is 23.9 Å². The number of hydrogen-bond donors (Lipinski definition) is 1. The summed E-state index contributed by atoms with van der Waals surface area (Å²) in [6.07, 6.45) is -0.593. The SMILES string of the molecule is COc1ccc(OC[C@H](C)NC(=O)[C@@H](C)Oc2ccc(Br)cc2)cc1. The second kappa shape index (κ2) is 9.32. The molecule has 0 heterocycles. The van der Waals surface area contributed by atoms with Crippen molar-refractivity contribution >= 4 is 21.8 Å². The van der Waals surface area contributed by atoms with Gasteiger partial charge in [0.05, 0.1) is 13.2 Å². The number of carbonyl (C=O) groups is 1. The predicted octanol–water partition coefficient (Wildman–Crippen LogP) is 3.81. The molecule has 0 aromatic heterocycles. The summed E-state index contributed by atoms with van der Waals surface area (Å²) in [6.45, 7) is 3.96. The zero-order valence-corrected chi connectivity index (χ0v) is 16.1. The van der Waals surface area contributed by atoms with Crippen LogP contribution in [0.5, 0.6) is 17.2 Å². The first-order valence-electron chi connectivity index (χ1n) is 7.97. The Kier molecular flexibility index (Phi) is 7.13. The number of carbonyl (C=O) groups excluding carboxylic acids is 1. The van der Waals surface area contributed by atoms with Crippen molar-refractivity contribution < 1.29 is 19.0 Å². The standard InChI is InChI=1S/C19H22BrNO4/c1-13(12-24-17-10-8-16(23-3)9-11-17)21-19(22)14(2)25-18-6-4-15(20)5-7-18/h4-11,13-14H,12H2,1-3H3,(H,21,22)/t13-,14+/m0/s1. The minimum atomic E-state index is -0.593. The van der Waals surface area contributed by atoms with Crippen LogP contribution in [-0.2, 0) is 4.79 Å². The number of methoxy groups -OCH3 is 1. The van der Waals surface area contributed by atoms with E-state index in [0.29, 0.717) is 12.4 Å². The van der Waals surface area contributed by atoms with Crippen molar-refractivity contribution in [3.05, 3.63) is 53.0 Å². The van der Waals surface area contributed by atoms with Crippen LogP contribution in [0, 0.1) is 0 Å². The summed E-state index contributed by atoms with van der Waals surface area (Å²) in [7, 11) is 1.62. The van der Waals surface area contributed by atoms with Gasteiger partial charge in [-0.25, -0.2) is 0 Å². The highest BCUT2D eigenvalue weighted by Crippen LogP contribution is 2.18. The highest BCUT2D eigenvalue weighted by molar-refractivity contribution is 9.10. The van der Waals surface area contributed by atoms with Crippen LogP contribution in [0.2, 0.25) is 0 Å². The average Bonchev–Trinajstić information content (AvgIpc) is 2.62. The second-order valence-electron chi connectivity index (χ2n) is 5.61. The molecule has 5 nitrogen and oxygen atoms in total. The molecular formula is C19H22BrNO4. The third-order valence-electron chi connectivity index (χ3n) is 3.44. The molecule has 0 bridgehead atoms. The lowest BCUT2D eigenvalue weighted by molar-refractivity contribution is -0.128. The maximum absolute atomic E-state index is 12.2. The number of benzene rings is 2. The molecule has 25 heavy (non-hydrogen) atoms. The molecule has 0 saturated carbocycles. The minimum absolute atomic E-state index is 0.148. The van der Waals surface area contributed by atoms with Crippen LogP contribution in [0.4, 0.5) is 0 Å². The Hall–Kier alpha value is -2.21. The molecule has 1 N–H and O–H groups in total. The number of rotatable bonds is 8. The van der Waals surface area contributed by atoms with Crippen molar-refractivity contribution in [1.29, 1.82) is 0 Å². The first-order valence-corrected chi connectivity index (χ1v) is 8.76. The quantitative estimate of drug-likeness (QED) is 0.722. The second-order valence-corrected chi connectivity index (χ2v) is 6.53. The highest BCUT2D eigenvalue weighted by Gasteiger charge is 2.17. The number of nitrogens with one attached hydrogen (secondary N) is 1. The van der Waals surface area contributed by atoms with Crippen LogP contribution in [0.3, 0.4) is 0 Å². The maximum Gasteiger partial charge on any atom is 0.261 e. The number of ether oxygens (including phenoxy) is 3. The monoisotopic (exact) mass is 407 g/mol. The van der Waals surface area contributed by atoms with Crippen molar-refractivity contribution in [1.82, 2.24) is 5.32 Å². The fourth-order valence-corrected chi connectivity index (χ4v) is 2.33. The molecule has 1 amide bonds. The number of hydrogen-bond acceptors (Lipinski definition) is 4. The molecule has 2 aromatic carbocycles. The molecule has 0 radical (unpaired) electrons. The van der Waals surface area contributed by atoms with Crippen LogP contribution in [0.15, 0.2) is 53.0 Å². The number of halogens is 1. The van der Waals surface area contributed by atoms with Crippen molar-refractivity contribution in [2.45, 2.75) is 26.0 Å². The van der Waals surface area contributed by atoms with Gasteiger partial charge in [-0.15, -0.1) is 0 Å². The Balaban J connectivity index is 1.77. The minimum Gasteiger partial charge on any atom is -0.497 e. The van der Waals surface area contributed by atoms with Gasteiger partial charge in [-0.1, -0.05) is 15.9 Å². The van der Waals surface area contributed by atoms with E-state index in [4.69, 9.17) is 14.2 Å². The molecule has 6 heteroatoms. The highest BCUT2D eigenvalue weighted by atomic mass is 79.9. The van der Waals surface area contributed by atoms with Crippen molar-refractivity contribution in [2.24, 2.45) is 0 Å². The van der Waals surface area contributed by atoms with E-state index in [1.807, 2.05) is 55.5 Å². The average molecular weight is 408 g/mol. The van der Waals surface area contributed by atoms with Crippen LogP contribution in [-0.4, -0.2) is 31.8 Å². The summed E-state index contributed by atoms with van der Waals surface area (Å²) in [5, 5.41) is 2.88. The molecule has 0 saturated heterocycles. The molecule has 0 unspecified atom stereocenters. The normalized spacial score (nSPS) is 12.8. The molecule has 134 valence electrons. The summed E-state index contributed by atoms with van der Waals surface area (Å²) in [5.41, 5.74) is 0. The molecule has 2 atom stereocenters. The molecule has 2 rings (SSSR count). The van der Waals surface area contributed by atoms with Gasteiger partial charge in [0.2, 0.25) is 0 Å². The molecule has 2 aromatic rings. The first-order chi connectivity index (χ1) is 12.0. The summed E-state index contributed by atoms with van der Waals surface area (Å²) in [6, 6.07) is 14.5. The predicted molar refractivity (Wildman–Crippen MR) is 100 cm³/mol.